The number of nitrogens with one attached hydrogen (secondary N) is 2. The van der Waals surface area contributed by atoms with E-state index in [2.05, 4.69) is 73.4 Å². The highest BCUT2D eigenvalue weighted by molar-refractivity contribution is 6.23. The van der Waals surface area contributed by atoms with Gasteiger partial charge in [-0.15, -0.1) is 0 Å². The van der Waals surface area contributed by atoms with Crippen molar-refractivity contribution in [1.82, 2.24) is 20.4 Å². The summed E-state index contributed by atoms with van der Waals surface area (Å²) in [6.45, 7) is 15.3. The maximum absolute atomic E-state index is 13.6. The number of carbonyl (C=O) groups excluding carboxylic acids is 5. The van der Waals surface area contributed by atoms with Gasteiger partial charge >= 0.3 is 0 Å². The molecule has 2 aliphatic carbocycles. The van der Waals surface area contributed by atoms with Gasteiger partial charge in [0.1, 0.15) is 29.7 Å². The summed E-state index contributed by atoms with van der Waals surface area (Å²) < 4.78 is 12.9. The van der Waals surface area contributed by atoms with Crippen LogP contribution in [0.15, 0.2) is 54.6 Å². The fraction of sp³-hybridized carbons (Fsp3) is 0.510. The first kappa shape index (κ1) is 42.9. The number of amides is 5. The molecular formula is C49H58N6O7. The number of nitriles is 1. The summed E-state index contributed by atoms with van der Waals surface area (Å²) in [4.78, 5) is 69.9. The number of aryl methyl sites for hydroxylation is 2. The van der Waals surface area contributed by atoms with Crippen LogP contribution in [-0.2, 0) is 9.59 Å². The fourth-order valence-corrected chi connectivity index (χ4v) is 11.2. The monoisotopic (exact) mass is 842 g/mol. The van der Waals surface area contributed by atoms with Crippen molar-refractivity contribution in [2.75, 3.05) is 31.6 Å². The molecule has 1 unspecified atom stereocenters. The van der Waals surface area contributed by atoms with Gasteiger partial charge in [0.15, 0.2) is 0 Å². The van der Waals surface area contributed by atoms with Gasteiger partial charge in [-0.25, -0.2) is 0 Å². The van der Waals surface area contributed by atoms with Crippen LogP contribution in [0, 0.1) is 41.9 Å². The molecule has 3 aromatic carbocycles. The highest BCUT2D eigenvalue weighted by Crippen LogP contribution is 2.55. The summed E-state index contributed by atoms with van der Waals surface area (Å²) in [6, 6.07) is 18.3. The molecule has 0 bridgehead atoms. The number of imide groups is 2. The Morgan fingerprint density at radius 3 is 2.16 bits per heavy atom. The largest absolute Gasteiger partial charge is 0.490 e. The van der Waals surface area contributed by atoms with Gasteiger partial charge in [-0.2, -0.15) is 5.26 Å². The van der Waals surface area contributed by atoms with E-state index < -0.39 is 29.7 Å². The predicted octanol–water partition coefficient (Wildman–Crippen LogP) is 6.34. The lowest BCUT2D eigenvalue weighted by molar-refractivity contribution is -0.164. The summed E-state index contributed by atoms with van der Waals surface area (Å²) in [5.74, 6) is -0.338. The molecule has 5 aliphatic rings. The molecule has 3 aliphatic heterocycles. The zero-order valence-electron chi connectivity index (χ0n) is 36.9. The highest BCUT2D eigenvalue weighted by atomic mass is 16.5. The van der Waals surface area contributed by atoms with Crippen LogP contribution in [0.3, 0.4) is 0 Å². The van der Waals surface area contributed by atoms with Crippen molar-refractivity contribution < 1.29 is 33.4 Å². The molecule has 2 saturated carbocycles. The summed E-state index contributed by atoms with van der Waals surface area (Å²) in [6.07, 6.45) is 4.96. The molecule has 2 saturated heterocycles. The number of carbonyl (C=O) groups is 5. The zero-order valence-corrected chi connectivity index (χ0v) is 36.9. The third-order valence-electron chi connectivity index (χ3n) is 14.3. The third-order valence-corrected chi connectivity index (χ3v) is 14.3. The van der Waals surface area contributed by atoms with Gasteiger partial charge in [0.05, 0.1) is 22.8 Å². The molecular weight excluding hydrogens is 785 g/mol. The second-order valence-corrected chi connectivity index (χ2v) is 19.4. The number of rotatable bonds is 11. The average molecular weight is 843 g/mol. The van der Waals surface area contributed by atoms with E-state index in [1.165, 1.54) is 0 Å². The highest BCUT2D eigenvalue weighted by Gasteiger charge is 2.64. The number of hydrogen-bond acceptors (Lipinski definition) is 10. The van der Waals surface area contributed by atoms with Crippen molar-refractivity contribution >= 4 is 35.2 Å². The van der Waals surface area contributed by atoms with Gasteiger partial charge in [0.25, 0.3) is 17.7 Å². The van der Waals surface area contributed by atoms with Crippen LogP contribution in [0.1, 0.15) is 120 Å². The third kappa shape index (κ3) is 7.94. The molecule has 3 aromatic rings. The number of benzene rings is 3. The lowest BCUT2D eigenvalue weighted by atomic mass is 9.49. The molecule has 0 spiro atoms. The topological polar surface area (TPSA) is 161 Å². The van der Waals surface area contributed by atoms with Crippen molar-refractivity contribution in [2.45, 2.75) is 117 Å². The summed E-state index contributed by atoms with van der Waals surface area (Å²) in [5.41, 5.74) is 4.06. The number of fused-ring (bicyclic) bond motifs is 1. The van der Waals surface area contributed by atoms with Gasteiger partial charge in [0.2, 0.25) is 11.8 Å². The maximum atomic E-state index is 13.6. The molecule has 2 N–H and O–H groups in total. The van der Waals surface area contributed by atoms with E-state index in [4.69, 9.17) is 9.47 Å². The molecule has 3 atom stereocenters. The van der Waals surface area contributed by atoms with Crippen molar-refractivity contribution in [3.8, 4) is 17.6 Å². The van der Waals surface area contributed by atoms with Crippen LogP contribution in [0.5, 0.6) is 11.5 Å². The Labute approximate surface area is 364 Å². The van der Waals surface area contributed by atoms with Crippen molar-refractivity contribution in [1.29, 1.82) is 5.26 Å². The molecule has 0 radical (unpaired) electrons. The lowest BCUT2D eigenvalue weighted by Gasteiger charge is -2.63. The van der Waals surface area contributed by atoms with Crippen LogP contribution in [0.25, 0.3) is 0 Å². The fourth-order valence-electron chi connectivity index (χ4n) is 11.2. The van der Waals surface area contributed by atoms with Gasteiger partial charge in [0, 0.05) is 60.2 Å². The summed E-state index contributed by atoms with van der Waals surface area (Å²) in [7, 11) is 2.20. The SMILES string of the molecule is Cc1cc(OC2C(C)(C)C(NC(=O)c3ccc(N4CCC(CN(C)[C@@H]5CC[C@@H](Oc6ccc7c(c6)C(=O)N(C6CCC(=O)NC6=O)C7=O)C5)CC4)cc3)C2(C)C)cc(C)c1C#N. The number of anilines is 1. The number of piperidine rings is 2. The summed E-state index contributed by atoms with van der Waals surface area (Å²) >= 11 is 0. The normalized spacial score (nSPS) is 25.6. The Kier molecular flexibility index (Phi) is 11.4. The van der Waals surface area contributed by atoms with Gasteiger partial charge in [-0.05, 0) is 131 Å². The minimum Gasteiger partial charge on any atom is -0.490 e. The van der Waals surface area contributed by atoms with E-state index in [0.717, 1.165) is 79.2 Å². The van der Waals surface area contributed by atoms with Crippen LogP contribution >= 0.6 is 0 Å². The molecule has 4 fully saturated rings. The summed E-state index contributed by atoms with van der Waals surface area (Å²) in [5, 5.41) is 15.0. The molecule has 0 aromatic heterocycles. The van der Waals surface area contributed by atoms with Gasteiger partial charge < -0.3 is 24.6 Å². The molecule has 13 heteroatoms. The molecule has 13 nitrogen and oxygen atoms in total. The predicted molar refractivity (Wildman–Crippen MR) is 233 cm³/mol. The average Bonchev–Trinajstić information content (AvgIpc) is 3.80. The van der Waals surface area contributed by atoms with Crippen LogP contribution in [0.4, 0.5) is 5.69 Å². The number of ether oxygens (including phenoxy) is 2. The second-order valence-electron chi connectivity index (χ2n) is 19.4. The molecule has 5 amide bonds. The molecule has 8 rings (SSSR count). The van der Waals surface area contributed by atoms with E-state index in [1.807, 2.05) is 38.1 Å². The van der Waals surface area contributed by atoms with Crippen molar-refractivity contribution in [3.05, 3.63) is 88.0 Å². The molecule has 326 valence electrons. The van der Waals surface area contributed by atoms with Crippen LogP contribution in [-0.4, -0.2) is 96.4 Å². The van der Waals surface area contributed by atoms with Gasteiger partial charge in [-0.3, -0.25) is 34.2 Å². The standard InChI is InChI=1S/C49H58N6O7/c1-28-22-36(23-29(2)39(28)26-50)62-47-48(3,4)46(49(47,5)6)52-42(57)31-8-10-32(11-9-31)54-20-18-30(19-21-54)27-53(7)33-12-13-34(24-33)61-35-14-15-37-38(25-35)45(60)55(44(37)59)40-16-17-41(56)51-43(40)58/h8-11,14-15,22-23,25,30,33-34,40,46-47H,12-13,16-21,24,27H2,1-7H3,(H,52,57)(H,51,56,58)/t33-,34-,40?,46?,47?/m1/s1. The van der Waals surface area contributed by atoms with E-state index in [9.17, 15) is 29.2 Å². The first-order valence-corrected chi connectivity index (χ1v) is 22.0. The quantitative estimate of drug-likeness (QED) is 0.209. The number of nitrogens with zero attached hydrogens (tertiary/aromatic N) is 4. The Hall–Kier alpha value is -5.74. The van der Waals surface area contributed by atoms with Gasteiger partial charge in [-0.1, -0.05) is 27.7 Å². The van der Waals surface area contributed by atoms with E-state index >= 15 is 0 Å². The Bertz CT molecular complexity index is 2300. The van der Waals surface area contributed by atoms with Crippen molar-refractivity contribution in [2.24, 2.45) is 16.7 Å². The Morgan fingerprint density at radius 1 is 0.855 bits per heavy atom. The first-order valence-electron chi connectivity index (χ1n) is 22.0. The van der Waals surface area contributed by atoms with Crippen molar-refractivity contribution in [3.63, 3.8) is 0 Å². The van der Waals surface area contributed by atoms with Crippen LogP contribution < -0.4 is 25.0 Å². The van der Waals surface area contributed by atoms with E-state index in [0.29, 0.717) is 28.8 Å². The van der Waals surface area contributed by atoms with E-state index in [-0.39, 0.29) is 59.0 Å². The number of hydrogen-bond donors (Lipinski definition) is 2. The van der Waals surface area contributed by atoms with E-state index in [1.54, 1.807) is 18.2 Å². The smallest absolute Gasteiger partial charge is 0.262 e. The second kappa shape index (κ2) is 16.5. The maximum Gasteiger partial charge on any atom is 0.262 e. The lowest BCUT2D eigenvalue weighted by Crippen LogP contribution is -2.74. The zero-order chi connectivity index (χ0) is 44.2. The minimum absolute atomic E-state index is 0.0164. The van der Waals surface area contributed by atoms with Crippen LogP contribution in [0.2, 0.25) is 0 Å². The molecule has 3 heterocycles. The Morgan fingerprint density at radius 2 is 1.52 bits per heavy atom. The molecule has 62 heavy (non-hydrogen) atoms. The Balaban J connectivity index is 0.785. The first-order chi connectivity index (χ1) is 29.5. The minimum atomic E-state index is -0.998.